The van der Waals surface area contributed by atoms with Crippen molar-refractivity contribution in [2.45, 2.75) is 25.4 Å². The van der Waals surface area contributed by atoms with Crippen LogP contribution in [0.4, 0.5) is 18.4 Å². The Morgan fingerprint density at radius 2 is 1.31 bits per heavy atom. The Morgan fingerprint density at radius 3 is 1.80 bits per heavy atom. The molecule has 9 heteroatoms. The molecule has 184 valence electrons. The third-order valence-corrected chi connectivity index (χ3v) is 5.40. The van der Waals surface area contributed by atoms with Crippen LogP contribution >= 0.6 is 0 Å². The van der Waals surface area contributed by atoms with E-state index in [0.29, 0.717) is 25.9 Å². The van der Waals surface area contributed by atoms with E-state index in [4.69, 9.17) is 10.2 Å². The highest BCUT2D eigenvalue weighted by Crippen LogP contribution is 2.29. The molecule has 7 nitrogen and oxygen atoms in total. The summed E-state index contributed by atoms with van der Waals surface area (Å²) in [6.07, 6.45) is -1.34. The van der Waals surface area contributed by atoms with E-state index in [1.54, 1.807) is 24.3 Å². The standard InChI is InChI=1S/C26H27F2N3O4/c27-22-7-3-18(4-8-22)20-12-17(13-21(14-20)19-5-9-23(28)10-6-19)15-29-16-24(31-26(34)35)2-1-11-30-25(32)33/h3-10,12-14,24,29-31H,1-2,11,15-16H2,(H,32,33)(H,34,35)/t24-/m0/s1. The number of halogens is 2. The molecule has 0 saturated heterocycles. The molecule has 5 N–H and O–H groups in total. The summed E-state index contributed by atoms with van der Waals surface area (Å²) in [5.41, 5.74) is 4.29. The molecule has 3 aromatic carbocycles. The highest BCUT2D eigenvalue weighted by Gasteiger charge is 2.12. The van der Waals surface area contributed by atoms with E-state index in [-0.39, 0.29) is 18.2 Å². The fourth-order valence-electron chi connectivity index (χ4n) is 3.75. The van der Waals surface area contributed by atoms with Crippen molar-refractivity contribution < 1.29 is 28.6 Å². The summed E-state index contributed by atoms with van der Waals surface area (Å²) in [6, 6.07) is 17.8. The lowest BCUT2D eigenvalue weighted by Gasteiger charge is -2.18. The van der Waals surface area contributed by atoms with Gasteiger partial charge in [-0.1, -0.05) is 24.3 Å². The maximum atomic E-state index is 13.4. The van der Waals surface area contributed by atoms with Crippen molar-refractivity contribution in [3.63, 3.8) is 0 Å². The SMILES string of the molecule is O=C(O)NCCC[C@@H](CNCc1cc(-c2ccc(F)cc2)cc(-c2ccc(F)cc2)c1)NC(=O)O. The van der Waals surface area contributed by atoms with Gasteiger partial charge < -0.3 is 26.2 Å². The molecule has 35 heavy (non-hydrogen) atoms. The van der Waals surface area contributed by atoms with E-state index in [9.17, 15) is 18.4 Å². The van der Waals surface area contributed by atoms with E-state index in [1.165, 1.54) is 24.3 Å². The Kier molecular flexibility index (Phi) is 9.14. The van der Waals surface area contributed by atoms with Gasteiger partial charge in [-0.2, -0.15) is 0 Å². The van der Waals surface area contributed by atoms with Gasteiger partial charge >= 0.3 is 12.2 Å². The van der Waals surface area contributed by atoms with Crippen molar-refractivity contribution in [3.8, 4) is 22.3 Å². The van der Waals surface area contributed by atoms with Crippen molar-refractivity contribution >= 4 is 12.2 Å². The molecule has 0 saturated carbocycles. The summed E-state index contributed by atoms with van der Waals surface area (Å²) in [7, 11) is 0. The van der Waals surface area contributed by atoms with Gasteiger partial charge in [-0.15, -0.1) is 0 Å². The first kappa shape index (κ1) is 25.6. The average Bonchev–Trinajstić information content (AvgIpc) is 2.82. The highest BCUT2D eigenvalue weighted by atomic mass is 19.1. The number of rotatable bonds is 11. The predicted octanol–water partition coefficient (Wildman–Crippen LogP) is 5.07. The molecule has 0 aliphatic heterocycles. The fraction of sp³-hybridized carbons (Fsp3) is 0.231. The smallest absolute Gasteiger partial charge is 0.404 e. The van der Waals surface area contributed by atoms with Crippen LogP contribution in [0.3, 0.4) is 0 Å². The van der Waals surface area contributed by atoms with Crippen LogP contribution in [0.25, 0.3) is 22.3 Å². The molecule has 0 heterocycles. The van der Waals surface area contributed by atoms with Crippen LogP contribution in [0.15, 0.2) is 66.7 Å². The number of carboxylic acid groups (broad SMARTS) is 2. The number of hydrogen-bond acceptors (Lipinski definition) is 3. The normalized spacial score (nSPS) is 11.6. The maximum absolute atomic E-state index is 13.4. The predicted molar refractivity (Wildman–Crippen MR) is 129 cm³/mol. The molecule has 0 bridgehead atoms. The minimum Gasteiger partial charge on any atom is -0.465 e. The summed E-state index contributed by atoms with van der Waals surface area (Å²) < 4.78 is 26.8. The zero-order valence-electron chi connectivity index (χ0n) is 18.9. The van der Waals surface area contributed by atoms with Crippen LogP contribution in [-0.2, 0) is 6.54 Å². The van der Waals surface area contributed by atoms with Crippen molar-refractivity contribution in [1.82, 2.24) is 16.0 Å². The largest absolute Gasteiger partial charge is 0.465 e. The molecular weight excluding hydrogens is 456 g/mol. The monoisotopic (exact) mass is 483 g/mol. The lowest BCUT2D eigenvalue weighted by atomic mass is 9.96. The van der Waals surface area contributed by atoms with Crippen LogP contribution in [0, 0.1) is 11.6 Å². The van der Waals surface area contributed by atoms with Crippen LogP contribution in [0.1, 0.15) is 18.4 Å². The molecule has 3 aromatic rings. The second-order valence-electron chi connectivity index (χ2n) is 8.08. The quantitative estimate of drug-likeness (QED) is 0.245. The first-order chi connectivity index (χ1) is 16.8. The molecule has 1 atom stereocenters. The minimum atomic E-state index is -1.15. The van der Waals surface area contributed by atoms with Gasteiger partial charge in [0.15, 0.2) is 0 Å². The van der Waals surface area contributed by atoms with Crippen LogP contribution < -0.4 is 16.0 Å². The van der Waals surface area contributed by atoms with Crippen LogP contribution in [0.2, 0.25) is 0 Å². The van der Waals surface area contributed by atoms with Crippen LogP contribution in [0.5, 0.6) is 0 Å². The Hall–Kier alpha value is -3.98. The third kappa shape index (κ3) is 8.38. The van der Waals surface area contributed by atoms with E-state index in [0.717, 1.165) is 27.8 Å². The van der Waals surface area contributed by atoms with Crippen molar-refractivity contribution in [2.75, 3.05) is 13.1 Å². The van der Waals surface area contributed by atoms with Gasteiger partial charge in [0, 0.05) is 25.7 Å². The Balaban J connectivity index is 1.75. The number of hydrogen-bond donors (Lipinski definition) is 5. The molecule has 3 rings (SSSR count). The average molecular weight is 484 g/mol. The summed E-state index contributed by atoms with van der Waals surface area (Å²) in [5.74, 6) is -0.665. The first-order valence-electron chi connectivity index (χ1n) is 11.1. The number of carbonyl (C=O) groups is 2. The van der Waals surface area contributed by atoms with Gasteiger partial charge in [0.05, 0.1) is 0 Å². The molecule has 0 unspecified atom stereocenters. The van der Waals surface area contributed by atoms with E-state index in [1.807, 2.05) is 18.2 Å². The lowest BCUT2D eigenvalue weighted by Crippen LogP contribution is -2.41. The number of amides is 2. The van der Waals surface area contributed by atoms with Crippen LogP contribution in [-0.4, -0.2) is 41.5 Å². The summed E-state index contributed by atoms with van der Waals surface area (Å²) in [6.45, 7) is 0.994. The zero-order valence-corrected chi connectivity index (χ0v) is 18.9. The molecule has 2 amide bonds. The Bertz CT molecular complexity index is 1070. The third-order valence-electron chi connectivity index (χ3n) is 5.40. The first-order valence-corrected chi connectivity index (χ1v) is 11.1. The topological polar surface area (TPSA) is 111 Å². The van der Waals surface area contributed by atoms with Crippen molar-refractivity contribution in [1.29, 1.82) is 0 Å². The van der Waals surface area contributed by atoms with Gasteiger partial charge in [0.2, 0.25) is 0 Å². The van der Waals surface area contributed by atoms with Gasteiger partial charge in [-0.25, -0.2) is 18.4 Å². The molecule has 0 spiro atoms. The van der Waals surface area contributed by atoms with Gasteiger partial charge in [0.25, 0.3) is 0 Å². The zero-order chi connectivity index (χ0) is 25.2. The molecule has 0 fully saturated rings. The second kappa shape index (κ2) is 12.5. The molecule has 0 radical (unpaired) electrons. The second-order valence-corrected chi connectivity index (χ2v) is 8.08. The fourth-order valence-corrected chi connectivity index (χ4v) is 3.75. The lowest BCUT2D eigenvalue weighted by molar-refractivity contribution is 0.186. The van der Waals surface area contributed by atoms with Crippen molar-refractivity contribution in [3.05, 3.63) is 83.9 Å². The van der Waals surface area contributed by atoms with E-state index in [2.05, 4.69) is 16.0 Å². The molecule has 0 aliphatic carbocycles. The molecule has 0 aromatic heterocycles. The number of benzene rings is 3. The number of nitrogens with one attached hydrogen (secondary N) is 3. The summed E-state index contributed by atoms with van der Waals surface area (Å²) >= 11 is 0. The van der Waals surface area contributed by atoms with Crippen molar-refractivity contribution in [2.24, 2.45) is 0 Å². The summed E-state index contributed by atoms with van der Waals surface area (Å²) in [4.78, 5) is 21.7. The molecule has 0 aliphatic rings. The van der Waals surface area contributed by atoms with Gasteiger partial charge in [-0.3, -0.25) is 0 Å². The summed E-state index contributed by atoms with van der Waals surface area (Å²) in [5, 5.41) is 25.7. The van der Waals surface area contributed by atoms with E-state index >= 15 is 0 Å². The van der Waals surface area contributed by atoms with Gasteiger partial charge in [-0.05, 0) is 83.1 Å². The highest BCUT2D eigenvalue weighted by molar-refractivity contribution is 5.74. The minimum absolute atomic E-state index is 0.230. The van der Waals surface area contributed by atoms with E-state index < -0.39 is 18.2 Å². The molecular formula is C26H27F2N3O4. The van der Waals surface area contributed by atoms with Gasteiger partial charge in [0.1, 0.15) is 11.6 Å². The Labute approximate surface area is 201 Å². The maximum Gasteiger partial charge on any atom is 0.404 e. The Morgan fingerprint density at radius 1 is 0.771 bits per heavy atom.